The van der Waals surface area contributed by atoms with Gasteiger partial charge in [0, 0.05) is 29.5 Å². The molecule has 0 radical (unpaired) electrons. The van der Waals surface area contributed by atoms with E-state index in [-0.39, 0.29) is 0 Å². The van der Waals surface area contributed by atoms with Crippen LogP contribution in [0.1, 0.15) is 11.1 Å². The Kier molecular flexibility index (Phi) is 4.90. The minimum atomic E-state index is 0.811. The minimum absolute atomic E-state index is 0.811. The van der Waals surface area contributed by atoms with Crippen LogP contribution >= 0.6 is 15.9 Å². The smallest absolute Gasteiger partial charge is 0.0642 e. The fraction of sp³-hybridized carbons (Fsp3) is 0.278. The molecular weight excluding hydrogens is 340 g/mol. The van der Waals surface area contributed by atoms with Crippen LogP contribution in [-0.2, 0) is 4.74 Å². The van der Waals surface area contributed by atoms with Gasteiger partial charge < -0.3 is 9.64 Å². The van der Waals surface area contributed by atoms with Crippen LogP contribution < -0.4 is 4.90 Å². The van der Waals surface area contributed by atoms with Crippen molar-refractivity contribution in [3.05, 3.63) is 58.1 Å². The van der Waals surface area contributed by atoms with Crippen LogP contribution in [0.5, 0.6) is 0 Å². The van der Waals surface area contributed by atoms with Crippen LogP contribution in [0.25, 0.3) is 0 Å². The third-order valence-electron chi connectivity index (χ3n) is 3.79. The van der Waals surface area contributed by atoms with Crippen molar-refractivity contribution in [2.24, 2.45) is 4.99 Å². The molecule has 0 aromatic heterocycles. The average Bonchev–Trinajstić information content (AvgIpc) is 2.54. The Bertz CT molecular complexity index is 679. The number of benzene rings is 2. The lowest BCUT2D eigenvalue weighted by molar-refractivity contribution is 0.122. The summed E-state index contributed by atoms with van der Waals surface area (Å²) in [6.07, 6.45) is 1.93. The fourth-order valence-electron chi connectivity index (χ4n) is 2.52. The molecule has 0 atom stereocenters. The van der Waals surface area contributed by atoms with E-state index in [1.54, 1.807) is 0 Å². The Hall–Kier alpha value is -1.65. The van der Waals surface area contributed by atoms with Crippen molar-refractivity contribution in [3.63, 3.8) is 0 Å². The number of aliphatic imine (C=N–C) groups is 1. The van der Waals surface area contributed by atoms with Gasteiger partial charge in [-0.05, 0) is 48.4 Å². The van der Waals surface area contributed by atoms with Crippen molar-refractivity contribution in [1.29, 1.82) is 0 Å². The van der Waals surface area contributed by atoms with Crippen molar-refractivity contribution in [3.8, 4) is 0 Å². The number of hydrogen-bond donors (Lipinski definition) is 0. The van der Waals surface area contributed by atoms with Gasteiger partial charge in [0.1, 0.15) is 0 Å². The number of hydrogen-bond acceptors (Lipinski definition) is 3. The van der Waals surface area contributed by atoms with Gasteiger partial charge in [0.2, 0.25) is 0 Å². The fourth-order valence-corrected chi connectivity index (χ4v) is 2.91. The molecular formula is C18H19BrN2O. The summed E-state index contributed by atoms with van der Waals surface area (Å²) in [5.41, 5.74) is 4.60. The monoisotopic (exact) mass is 358 g/mol. The maximum Gasteiger partial charge on any atom is 0.0642 e. The molecule has 1 aliphatic heterocycles. The molecule has 1 fully saturated rings. The molecule has 0 aliphatic carbocycles. The molecule has 0 bridgehead atoms. The first kappa shape index (κ1) is 15.3. The first-order valence-corrected chi connectivity index (χ1v) is 8.25. The second-order valence-corrected chi connectivity index (χ2v) is 6.29. The molecule has 22 heavy (non-hydrogen) atoms. The number of aryl methyl sites for hydroxylation is 1. The molecule has 3 rings (SSSR count). The van der Waals surface area contributed by atoms with Crippen LogP contribution in [0.3, 0.4) is 0 Å². The van der Waals surface area contributed by atoms with Gasteiger partial charge in [-0.1, -0.05) is 28.1 Å². The molecule has 1 heterocycles. The average molecular weight is 359 g/mol. The molecule has 0 N–H and O–H groups in total. The summed E-state index contributed by atoms with van der Waals surface area (Å²) in [6.45, 7) is 5.68. The van der Waals surface area contributed by atoms with Crippen molar-refractivity contribution >= 4 is 33.5 Å². The van der Waals surface area contributed by atoms with Crippen molar-refractivity contribution in [1.82, 2.24) is 0 Å². The number of rotatable bonds is 3. The molecule has 4 heteroatoms. The summed E-state index contributed by atoms with van der Waals surface area (Å²) in [6, 6.07) is 14.5. The highest BCUT2D eigenvalue weighted by molar-refractivity contribution is 9.10. The number of anilines is 1. The van der Waals surface area contributed by atoms with E-state index in [4.69, 9.17) is 4.74 Å². The van der Waals surface area contributed by atoms with Crippen molar-refractivity contribution < 1.29 is 4.74 Å². The van der Waals surface area contributed by atoms with E-state index in [0.29, 0.717) is 0 Å². The second kappa shape index (κ2) is 7.07. The SMILES string of the molecule is Cc1cc(N2CCOCC2)ccc1C=Nc1cccc(Br)c1. The molecule has 3 nitrogen and oxygen atoms in total. The first-order valence-electron chi connectivity index (χ1n) is 7.45. The van der Waals surface area contributed by atoms with Gasteiger partial charge in [0.15, 0.2) is 0 Å². The summed E-state index contributed by atoms with van der Waals surface area (Å²) in [7, 11) is 0. The van der Waals surface area contributed by atoms with Gasteiger partial charge in [-0.15, -0.1) is 0 Å². The number of ether oxygens (including phenoxy) is 1. The van der Waals surface area contributed by atoms with Gasteiger partial charge in [-0.3, -0.25) is 4.99 Å². The van der Waals surface area contributed by atoms with Gasteiger partial charge >= 0.3 is 0 Å². The van der Waals surface area contributed by atoms with E-state index in [2.05, 4.69) is 50.9 Å². The zero-order valence-corrected chi connectivity index (χ0v) is 14.2. The van der Waals surface area contributed by atoms with E-state index < -0.39 is 0 Å². The highest BCUT2D eigenvalue weighted by Gasteiger charge is 2.11. The molecule has 1 aliphatic rings. The van der Waals surface area contributed by atoms with E-state index in [9.17, 15) is 0 Å². The maximum absolute atomic E-state index is 5.41. The van der Waals surface area contributed by atoms with E-state index in [0.717, 1.165) is 42.0 Å². The van der Waals surface area contributed by atoms with Crippen molar-refractivity contribution in [2.45, 2.75) is 6.92 Å². The van der Waals surface area contributed by atoms with Gasteiger partial charge in [0.05, 0.1) is 18.9 Å². The Morgan fingerprint density at radius 2 is 1.95 bits per heavy atom. The number of halogens is 1. The normalized spacial score (nSPS) is 15.5. The lowest BCUT2D eigenvalue weighted by Crippen LogP contribution is -2.36. The molecule has 0 spiro atoms. The molecule has 114 valence electrons. The lowest BCUT2D eigenvalue weighted by Gasteiger charge is -2.29. The first-order chi connectivity index (χ1) is 10.7. The molecule has 2 aromatic rings. The number of morpholine rings is 1. The lowest BCUT2D eigenvalue weighted by atomic mass is 10.1. The minimum Gasteiger partial charge on any atom is -0.378 e. The predicted octanol–water partition coefficient (Wildman–Crippen LogP) is 4.34. The quantitative estimate of drug-likeness (QED) is 0.762. The zero-order valence-electron chi connectivity index (χ0n) is 12.6. The Morgan fingerprint density at radius 3 is 2.68 bits per heavy atom. The van der Waals surface area contributed by atoms with Crippen LogP contribution in [-0.4, -0.2) is 32.5 Å². The predicted molar refractivity (Wildman–Crippen MR) is 95.6 cm³/mol. The molecule has 2 aromatic carbocycles. The van der Waals surface area contributed by atoms with Gasteiger partial charge in [-0.2, -0.15) is 0 Å². The molecule has 0 amide bonds. The number of nitrogens with zero attached hydrogens (tertiary/aromatic N) is 2. The Balaban J connectivity index is 1.77. The molecule has 1 saturated heterocycles. The van der Waals surface area contributed by atoms with Gasteiger partial charge in [-0.25, -0.2) is 0 Å². The van der Waals surface area contributed by atoms with Crippen molar-refractivity contribution in [2.75, 3.05) is 31.2 Å². The molecule has 0 unspecified atom stereocenters. The van der Waals surface area contributed by atoms with Gasteiger partial charge in [0.25, 0.3) is 0 Å². The van der Waals surface area contributed by atoms with E-state index in [1.165, 1.54) is 11.3 Å². The Morgan fingerprint density at radius 1 is 1.14 bits per heavy atom. The van der Waals surface area contributed by atoms with Crippen LogP contribution in [0.2, 0.25) is 0 Å². The second-order valence-electron chi connectivity index (χ2n) is 5.38. The highest BCUT2D eigenvalue weighted by Crippen LogP contribution is 2.21. The summed E-state index contributed by atoms with van der Waals surface area (Å²) < 4.78 is 6.45. The van der Waals surface area contributed by atoms with Crippen LogP contribution in [0.4, 0.5) is 11.4 Å². The zero-order chi connectivity index (χ0) is 15.4. The maximum atomic E-state index is 5.41. The summed E-state index contributed by atoms with van der Waals surface area (Å²) in [4.78, 5) is 6.92. The van der Waals surface area contributed by atoms with Crippen LogP contribution in [0.15, 0.2) is 51.9 Å². The van der Waals surface area contributed by atoms with E-state index >= 15 is 0 Å². The Labute approximate surface area is 139 Å². The van der Waals surface area contributed by atoms with Crippen LogP contribution in [0, 0.1) is 6.92 Å². The summed E-state index contributed by atoms with van der Waals surface area (Å²) in [5.74, 6) is 0. The third kappa shape index (κ3) is 3.76. The topological polar surface area (TPSA) is 24.8 Å². The summed E-state index contributed by atoms with van der Waals surface area (Å²) >= 11 is 3.47. The largest absolute Gasteiger partial charge is 0.378 e. The standard InChI is InChI=1S/C18H19BrN2O/c1-14-11-18(21-7-9-22-10-8-21)6-5-15(14)13-20-17-4-2-3-16(19)12-17/h2-6,11-13H,7-10H2,1H3. The molecule has 0 saturated carbocycles. The highest BCUT2D eigenvalue weighted by atomic mass is 79.9. The van der Waals surface area contributed by atoms with E-state index in [1.807, 2.05) is 30.5 Å². The summed E-state index contributed by atoms with van der Waals surface area (Å²) in [5, 5.41) is 0. The third-order valence-corrected chi connectivity index (χ3v) is 4.28.